The molecule has 1 rings (SSSR count). The Kier molecular flexibility index (Phi) is 14.2. The Morgan fingerprint density at radius 3 is 2.37 bits per heavy atom. The zero-order valence-corrected chi connectivity index (χ0v) is 22.3. The summed E-state index contributed by atoms with van der Waals surface area (Å²) in [5, 5.41) is 2.62. The van der Waals surface area contributed by atoms with Gasteiger partial charge in [-0.3, -0.25) is 4.79 Å². The van der Waals surface area contributed by atoms with Crippen molar-refractivity contribution in [3.05, 3.63) is 18.0 Å². The van der Waals surface area contributed by atoms with Crippen LogP contribution < -0.4 is 14.8 Å². The number of amides is 1. The molecule has 0 fully saturated rings. The highest BCUT2D eigenvalue weighted by molar-refractivity contribution is 5.98. The summed E-state index contributed by atoms with van der Waals surface area (Å²) in [7, 11) is 1.45. The zero-order chi connectivity index (χ0) is 26.4. The average Bonchev–Trinajstić information content (AvgIpc) is 2.81. The maximum atomic E-state index is 12.9. The Balaban J connectivity index is 2.81. The first-order valence-corrected chi connectivity index (χ1v) is 12.1. The summed E-state index contributed by atoms with van der Waals surface area (Å²) in [4.78, 5) is 29.8. The highest BCUT2D eigenvalue weighted by Gasteiger charge is 2.29. The second-order valence-corrected chi connectivity index (χ2v) is 8.87. The molecular weight excluding hydrogens is 456 g/mol. The lowest BCUT2D eigenvalue weighted by Crippen LogP contribution is -2.44. The van der Waals surface area contributed by atoms with Gasteiger partial charge in [0.05, 0.1) is 13.2 Å². The third kappa shape index (κ3) is 10.8. The summed E-state index contributed by atoms with van der Waals surface area (Å²) in [6.45, 7) is 14.4. The molecule has 1 N–H and O–H groups in total. The quantitative estimate of drug-likeness (QED) is 0.195. The van der Waals surface area contributed by atoms with Crippen molar-refractivity contribution in [2.45, 2.75) is 73.1 Å². The van der Waals surface area contributed by atoms with Gasteiger partial charge in [-0.1, -0.05) is 27.7 Å². The number of esters is 1. The fourth-order valence-corrected chi connectivity index (χ4v) is 3.09. The molecule has 200 valence electrons. The number of aromatic nitrogens is 1. The van der Waals surface area contributed by atoms with Gasteiger partial charge in [-0.05, 0) is 39.0 Å². The molecule has 0 radical (unpaired) electrons. The molecule has 0 saturated carbocycles. The first-order valence-electron chi connectivity index (χ1n) is 12.1. The van der Waals surface area contributed by atoms with Crippen LogP contribution in [0.25, 0.3) is 0 Å². The van der Waals surface area contributed by atoms with Crippen LogP contribution in [0.2, 0.25) is 0 Å². The molecule has 0 aliphatic heterocycles. The first kappa shape index (κ1) is 30.6. The van der Waals surface area contributed by atoms with Crippen molar-refractivity contribution < 1.29 is 38.0 Å². The number of methoxy groups -OCH3 is 1. The van der Waals surface area contributed by atoms with E-state index >= 15 is 0 Å². The Morgan fingerprint density at radius 1 is 1.06 bits per heavy atom. The Hall–Kier alpha value is -2.43. The number of hydrogen-bond donors (Lipinski definition) is 1. The lowest BCUT2D eigenvalue weighted by Gasteiger charge is -2.29. The van der Waals surface area contributed by atoms with Crippen molar-refractivity contribution in [1.29, 1.82) is 0 Å². The van der Waals surface area contributed by atoms with Crippen molar-refractivity contribution in [2.24, 2.45) is 11.8 Å². The third-order valence-corrected chi connectivity index (χ3v) is 5.11. The van der Waals surface area contributed by atoms with Crippen LogP contribution >= 0.6 is 0 Å². The smallest absolute Gasteiger partial charge is 0.328 e. The minimum absolute atomic E-state index is 0.0349. The number of nitrogens with zero attached hydrogens (tertiary/aromatic N) is 1. The number of carbonyl (C=O) groups excluding carboxylic acids is 2. The molecule has 0 aliphatic rings. The SMILES string of the molecule is CCOCOCOc1c(OC)ccnc1C(=O)N[C@@H](C)C(=O)O[C@H](C(C)C)[C@H](C)OCCC(C)C. The average molecular weight is 499 g/mol. The standard InChI is InChI=1S/C25H42N2O8/c1-9-31-14-32-15-34-23-20(30-8)10-12-26-21(23)24(28)27-18(6)25(29)35-22(17(4)5)19(7)33-13-11-16(2)3/h10,12,16-19,22H,9,11,13-15H2,1-8H3,(H,27,28)/t18-,19-,22+/m0/s1. The predicted octanol–water partition coefficient (Wildman–Crippen LogP) is 3.57. The van der Waals surface area contributed by atoms with Crippen molar-refractivity contribution in [2.75, 3.05) is 33.9 Å². The monoisotopic (exact) mass is 498 g/mol. The lowest BCUT2D eigenvalue weighted by molar-refractivity contribution is -0.162. The van der Waals surface area contributed by atoms with Crippen LogP contribution in [0.1, 0.15) is 65.4 Å². The molecule has 0 aromatic carbocycles. The van der Waals surface area contributed by atoms with E-state index < -0.39 is 24.0 Å². The fraction of sp³-hybridized carbons (Fsp3) is 0.720. The van der Waals surface area contributed by atoms with Gasteiger partial charge in [0.1, 0.15) is 12.1 Å². The number of ether oxygens (including phenoxy) is 6. The van der Waals surface area contributed by atoms with Crippen LogP contribution in [0, 0.1) is 11.8 Å². The maximum Gasteiger partial charge on any atom is 0.328 e. The van der Waals surface area contributed by atoms with E-state index in [0.717, 1.165) is 6.42 Å². The fourth-order valence-electron chi connectivity index (χ4n) is 3.09. The summed E-state index contributed by atoms with van der Waals surface area (Å²) in [5.41, 5.74) is -0.0465. The number of rotatable bonds is 17. The maximum absolute atomic E-state index is 12.9. The second kappa shape index (κ2) is 16.3. The Bertz CT molecular complexity index is 772. The normalized spacial score (nSPS) is 13.9. The molecule has 10 heteroatoms. The largest absolute Gasteiger partial charge is 0.493 e. The first-order chi connectivity index (χ1) is 16.6. The van der Waals surface area contributed by atoms with Gasteiger partial charge < -0.3 is 33.7 Å². The molecule has 1 heterocycles. The van der Waals surface area contributed by atoms with E-state index in [-0.39, 0.29) is 37.1 Å². The molecule has 0 spiro atoms. The van der Waals surface area contributed by atoms with E-state index in [9.17, 15) is 9.59 Å². The summed E-state index contributed by atoms with van der Waals surface area (Å²) in [6.07, 6.45) is 1.60. The van der Waals surface area contributed by atoms with E-state index in [0.29, 0.717) is 24.9 Å². The van der Waals surface area contributed by atoms with E-state index in [1.165, 1.54) is 13.3 Å². The van der Waals surface area contributed by atoms with Gasteiger partial charge in [-0.25, -0.2) is 9.78 Å². The van der Waals surface area contributed by atoms with Crippen LogP contribution in [0.15, 0.2) is 12.3 Å². The Labute approximate surface area is 209 Å². The van der Waals surface area contributed by atoms with Gasteiger partial charge >= 0.3 is 5.97 Å². The van der Waals surface area contributed by atoms with Crippen LogP contribution in [-0.4, -0.2) is 69.0 Å². The van der Waals surface area contributed by atoms with Crippen molar-refractivity contribution in [3.8, 4) is 11.5 Å². The van der Waals surface area contributed by atoms with Crippen LogP contribution in [0.5, 0.6) is 11.5 Å². The van der Waals surface area contributed by atoms with E-state index in [1.807, 2.05) is 27.7 Å². The van der Waals surface area contributed by atoms with Gasteiger partial charge in [-0.2, -0.15) is 0 Å². The molecule has 1 amide bonds. The lowest BCUT2D eigenvalue weighted by atomic mass is 10.0. The van der Waals surface area contributed by atoms with Crippen molar-refractivity contribution in [1.82, 2.24) is 10.3 Å². The van der Waals surface area contributed by atoms with Gasteiger partial charge in [-0.15, -0.1) is 0 Å². The zero-order valence-electron chi connectivity index (χ0n) is 22.3. The van der Waals surface area contributed by atoms with Crippen LogP contribution in [-0.2, 0) is 23.7 Å². The topological polar surface area (TPSA) is 114 Å². The molecule has 0 saturated heterocycles. The molecule has 3 atom stereocenters. The van der Waals surface area contributed by atoms with E-state index in [4.69, 9.17) is 28.4 Å². The molecular formula is C25H42N2O8. The minimum atomic E-state index is -0.929. The van der Waals surface area contributed by atoms with Gasteiger partial charge in [0.25, 0.3) is 5.91 Å². The minimum Gasteiger partial charge on any atom is -0.493 e. The molecule has 0 unspecified atom stereocenters. The second-order valence-electron chi connectivity index (χ2n) is 8.87. The number of carbonyl (C=O) groups is 2. The van der Waals surface area contributed by atoms with Crippen molar-refractivity contribution >= 4 is 11.9 Å². The summed E-state index contributed by atoms with van der Waals surface area (Å²) in [5.74, 6) is -0.234. The molecule has 1 aromatic heterocycles. The van der Waals surface area contributed by atoms with Crippen LogP contribution in [0.4, 0.5) is 0 Å². The summed E-state index contributed by atoms with van der Waals surface area (Å²) in [6, 6.07) is 0.627. The molecule has 0 aliphatic carbocycles. The number of hydrogen-bond acceptors (Lipinski definition) is 9. The highest BCUT2D eigenvalue weighted by atomic mass is 16.7. The molecule has 10 nitrogen and oxygen atoms in total. The molecule has 1 aromatic rings. The Morgan fingerprint density at radius 2 is 1.77 bits per heavy atom. The number of pyridine rings is 1. The number of nitrogens with one attached hydrogen (secondary N) is 1. The summed E-state index contributed by atoms with van der Waals surface area (Å²) < 4.78 is 32.8. The van der Waals surface area contributed by atoms with Crippen molar-refractivity contribution in [3.63, 3.8) is 0 Å². The van der Waals surface area contributed by atoms with Gasteiger partial charge in [0.2, 0.25) is 0 Å². The third-order valence-electron chi connectivity index (χ3n) is 5.11. The van der Waals surface area contributed by atoms with Gasteiger partial charge in [0.15, 0.2) is 30.8 Å². The van der Waals surface area contributed by atoms with E-state index in [1.54, 1.807) is 13.0 Å². The highest BCUT2D eigenvalue weighted by Crippen LogP contribution is 2.29. The molecule has 35 heavy (non-hydrogen) atoms. The summed E-state index contributed by atoms with van der Waals surface area (Å²) >= 11 is 0. The van der Waals surface area contributed by atoms with E-state index in [2.05, 4.69) is 24.1 Å². The predicted molar refractivity (Wildman–Crippen MR) is 130 cm³/mol. The van der Waals surface area contributed by atoms with Crippen LogP contribution in [0.3, 0.4) is 0 Å². The molecule has 0 bridgehead atoms. The van der Waals surface area contributed by atoms with Gasteiger partial charge in [0, 0.05) is 25.5 Å².